The normalized spacial score (nSPS) is 24.7. The van der Waals surface area contributed by atoms with Gasteiger partial charge >= 0.3 is 0 Å². The molecule has 1 heterocycles. The lowest BCUT2D eigenvalue weighted by Gasteiger charge is -2.32. The third kappa shape index (κ3) is 3.16. The summed E-state index contributed by atoms with van der Waals surface area (Å²) in [6, 6.07) is 0. The molecule has 0 aromatic heterocycles. The van der Waals surface area contributed by atoms with Crippen molar-refractivity contribution in [1.29, 1.82) is 0 Å². The monoisotopic (exact) mass is 234 g/mol. The minimum atomic E-state index is -3.06. The minimum absolute atomic E-state index is 0.311. The van der Waals surface area contributed by atoms with E-state index < -0.39 is 10.0 Å². The summed E-state index contributed by atoms with van der Waals surface area (Å²) >= 11 is 0. The Labute approximate surface area is 92.9 Å². The third-order valence-electron chi connectivity index (χ3n) is 3.01. The molecule has 0 aromatic rings. The van der Waals surface area contributed by atoms with Crippen LogP contribution < -0.4 is 5.73 Å². The number of nitrogens with two attached hydrogens (primary N) is 1. The van der Waals surface area contributed by atoms with Crippen LogP contribution in [0.15, 0.2) is 0 Å². The first kappa shape index (κ1) is 12.9. The molecule has 0 aliphatic carbocycles. The smallest absolute Gasteiger partial charge is 0.216 e. The first-order valence-electron chi connectivity index (χ1n) is 5.67. The maximum Gasteiger partial charge on any atom is 0.216 e. The Bertz CT molecular complexity index is 286. The van der Waals surface area contributed by atoms with Gasteiger partial charge in [0.15, 0.2) is 0 Å². The van der Waals surface area contributed by atoms with Crippen molar-refractivity contribution in [2.45, 2.75) is 38.4 Å². The second kappa shape index (κ2) is 5.27. The number of hydrogen-bond acceptors (Lipinski definition) is 3. The standard InChI is InChI=1S/C10H22N2O2S/c1-9(2)15(13,14)12-7-3-4-10(8-12)5-6-11/h9-10H,3-8,11H2,1-2H3. The molecule has 1 fully saturated rings. The third-order valence-corrected chi connectivity index (χ3v) is 5.26. The van der Waals surface area contributed by atoms with Crippen LogP contribution in [0, 0.1) is 5.92 Å². The number of sulfonamides is 1. The van der Waals surface area contributed by atoms with Crippen LogP contribution in [0.3, 0.4) is 0 Å². The minimum Gasteiger partial charge on any atom is -0.330 e. The maximum atomic E-state index is 11.9. The highest BCUT2D eigenvalue weighted by molar-refractivity contribution is 7.89. The van der Waals surface area contributed by atoms with Crippen molar-refractivity contribution < 1.29 is 8.42 Å². The summed E-state index contributed by atoms with van der Waals surface area (Å²) < 4.78 is 25.5. The molecule has 1 atom stereocenters. The topological polar surface area (TPSA) is 63.4 Å². The fraction of sp³-hybridized carbons (Fsp3) is 1.00. The molecule has 2 N–H and O–H groups in total. The Morgan fingerprint density at radius 3 is 2.67 bits per heavy atom. The molecule has 0 saturated carbocycles. The Kier molecular flexibility index (Phi) is 4.55. The molecule has 90 valence electrons. The van der Waals surface area contributed by atoms with E-state index in [2.05, 4.69) is 0 Å². The van der Waals surface area contributed by atoms with Crippen molar-refractivity contribution >= 4 is 10.0 Å². The molecule has 1 aliphatic rings. The number of piperidine rings is 1. The van der Waals surface area contributed by atoms with Gasteiger partial charge in [-0.3, -0.25) is 0 Å². The van der Waals surface area contributed by atoms with Crippen LogP contribution >= 0.6 is 0 Å². The predicted octanol–water partition coefficient (Wildman–Crippen LogP) is 0.785. The zero-order valence-corrected chi connectivity index (χ0v) is 10.5. The first-order valence-corrected chi connectivity index (χ1v) is 7.17. The van der Waals surface area contributed by atoms with Crippen molar-refractivity contribution in [3.05, 3.63) is 0 Å². The number of nitrogens with zero attached hydrogens (tertiary/aromatic N) is 1. The average molecular weight is 234 g/mol. The van der Waals surface area contributed by atoms with Gasteiger partial charge in [0.2, 0.25) is 10.0 Å². The lowest BCUT2D eigenvalue weighted by molar-refractivity contribution is 0.257. The van der Waals surface area contributed by atoms with Crippen LogP contribution in [0.1, 0.15) is 33.1 Å². The summed E-state index contributed by atoms with van der Waals surface area (Å²) in [5.74, 6) is 0.456. The average Bonchev–Trinajstić information content (AvgIpc) is 2.18. The van der Waals surface area contributed by atoms with Gasteiger partial charge < -0.3 is 5.73 Å². The summed E-state index contributed by atoms with van der Waals surface area (Å²) in [4.78, 5) is 0. The molecule has 1 saturated heterocycles. The van der Waals surface area contributed by atoms with Gasteiger partial charge in [-0.05, 0) is 45.6 Å². The number of rotatable bonds is 4. The predicted molar refractivity (Wildman–Crippen MR) is 62.0 cm³/mol. The van der Waals surface area contributed by atoms with E-state index in [1.165, 1.54) is 0 Å². The highest BCUT2D eigenvalue weighted by Gasteiger charge is 2.30. The highest BCUT2D eigenvalue weighted by Crippen LogP contribution is 2.22. The second-order valence-corrected chi connectivity index (χ2v) is 7.03. The van der Waals surface area contributed by atoms with E-state index in [1.54, 1.807) is 18.2 Å². The van der Waals surface area contributed by atoms with Crippen LogP contribution in [0.4, 0.5) is 0 Å². The molecule has 0 aromatic carbocycles. The molecule has 4 nitrogen and oxygen atoms in total. The summed E-state index contributed by atoms with van der Waals surface area (Å²) in [6.45, 7) is 5.48. The van der Waals surface area contributed by atoms with E-state index in [4.69, 9.17) is 5.73 Å². The molecule has 0 amide bonds. The van der Waals surface area contributed by atoms with Gasteiger partial charge in [0, 0.05) is 13.1 Å². The molecule has 0 spiro atoms. The van der Waals surface area contributed by atoms with Crippen molar-refractivity contribution in [3.8, 4) is 0 Å². The molecule has 1 aliphatic heterocycles. The molecule has 15 heavy (non-hydrogen) atoms. The Balaban J connectivity index is 2.64. The maximum absolute atomic E-state index is 11.9. The van der Waals surface area contributed by atoms with E-state index in [-0.39, 0.29) is 5.25 Å². The molecular formula is C10H22N2O2S. The molecule has 5 heteroatoms. The fourth-order valence-corrected chi connectivity index (χ4v) is 3.43. The molecule has 1 unspecified atom stereocenters. The van der Waals surface area contributed by atoms with Crippen molar-refractivity contribution in [2.75, 3.05) is 19.6 Å². The molecule has 0 bridgehead atoms. The van der Waals surface area contributed by atoms with E-state index in [0.717, 1.165) is 19.3 Å². The van der Waals surface area contributed by atoms with E-state index in [0.29, 0.717) is 25.6 Å². The lowest BCUT2D eigenvalue weighted by atomic mass is 9.96. The first-order chi connectivity index (χ1) is 6.98. The molecule has 0 radical (unpaired) electrons. The second-order valence-electron chi connectivity index (χ2n) is 4.54. The summed E-state index contributed by atoms with van der Waals surface area (Å²) in [5.41, 5.74) is 5.51. The zero-order chi connectivity index (χ0) is 11.5. The zero-order valence-electron chi connectivity index (χ0n) is 9.65. The van der Waals surface area contributed by atoms with E-state index in [9.17, 15) is 8.42 Å². The van der Waals surface area contributed by atoms with Gasteiger partial charge in [-0.1, -0.05) is 0 Å². The van der Waals surface area contributed by atoms with Crippen LogP contribution in [-0.4, -0.2) is 37.6 Å². The van der Waals surface area contributed by atoms with E-state index >= 15 is 0 Å². The van der Waals surface area contributed by atoms with Gasteiger partial charge in [0.05, 0.1) is 5.25 Å². The Morgan fingerprint density at radius 2 is 2.13 bits per heavy atom. The fourth-order valence-electron chi connectivity index (χ4n) is 2.03. The van der Waals surface area contributed by atoms with Gasteiger partial charge in [0.1, 0.15) is 0 Å². The largest absolute Gasteiger partial charge is 0.330 e. The summed E-state index contributed by atoms with van der Waals surface area (Å²) in [6.07, 6.45) is 3.02. The van der Waals surface area contributed by atoms with Crippen molar-refractivity contribution in [1.82, 2.24) is 4.31 Å². The quantitative estimate of drug-likeness (QED) is 0.782. The summed E-state index contributed by atoms with van der Waals surface area (Å²) in [7, 11) is -3.06. The Morgan fingerprint density at radius 1 is 1.47 bits per heavy atom. The highest BCUT2D eigenvalue weighted by atomic mass is 32.2. The number of hydrogen-bond donors (Lipinski definition) is 1. The molecule has 1 rings (SSSR count). The van der Waals surface area contributed by atoms with E-state index in [1.807, 2.05) is 0 Å². The van der Waals surface area contributed by atoms with Crippen LogP contribution in [0.2, 0.25) is 0 Å². The summed E-state index contributed by atoms with van der Waals surface area (Å²) in [5, 5.41) is -0.311. The van der Waals surface area contributed by atoms with Crippen LogP contribution in [-0.2, 0) is 10.0 Å². The van der Waals surface area contributed by atoms with Crippen LogP contribution in [0.5, 0.6) is 0 Å². The van der Waals surface area contributed by atoms with Gasteiger partial charge in [-0.15, -0.1) is 0 Å². The van der Waals surface area contributed by atoms with Crippen LogP contribution in [0.25, 0.3) is 0 Å². The van der Waals surface area contributed by atoms with Gasteiger partial charge in [-0.2, -0.15) is 0 Å². The van der Waals surface area contributed by atoms with Crippen molar-refractivity contribution in [3.63, 3.8) is 0 Å². The SMILES string of the molecule is CC(C)S(=O)(=O)N1CCCC(CCN)C1. The van der Waals surface area contributed by atoms with Gasteiger partial charge in [-0.25, -0.2) is 12.7 Å². The Hall–Kier alpha value is -0.130. The lowest BCUT2D eigenvalue weighted by Crippen LogP contribution is -2.43. The molecular weight excluding hydrogens is 212 g/mol. The van der Waals surface area contributed by atoms with Gasteiger partial charge in [0.25, 0.3) is 0 Å². The van der Waals surface area contributed by atoms with Crippen molar-refractivity contribution in [2.24, 2.45) is 11.7 Å².